The fraction of sp³-hybridized carbons (Fsp3) is 0.222. The van der Waals surface area contributed by atoms with Gasteiger partial charge in [-0.2, -0.15) is 0 Å². The van der Waals surface area contributed by atoms with Crippen LogP contribution in [0.2, 0.25) is 0 Å². The third-order valence-electron chi connectivity index (χ3n) is 3.50. The average Bonchev–Trinajstić information content (AvgIpc) is 3.22. The zero-order valence-corrected chi connectivity index (χ0v) is 13.7. The lowest BCUT2D eigenvalue weighted by molar-refractivity contribution is -0.118. The number of amides is 1. The summed E-state index contributed by atoms with van der Waals surface area (Å²) in [6.45, 7) is 2.26. The quantitative estimate of drug-likeness (QED) is 0.693. The number of nitrogens with zero attached hydrogens (tertiary/aromatic N) is 1. The fourth-order valence-electron chi connectivity index (χ4n) is 2.32. The van der Waals surface area contributed by atoms with Gasteiger partial charge in [-0.15, -0.1) is 11.3 Å². The molecular formula is C18H18N2O2S. The number of aryl methyl sites for hydroxylation is 1. The van der Waals surface area contributed by atoms with Gasteiger partial charge in [-0.25, -0.2) is 4.98 Å². The molecule has 0 spiro atoms. The van der Waals surface area contributed by atoms with Crippen LogP contribution < -0.4 is 5.32 Å². The van der Waals surface area contributed by atoms with Crippen molar-refractivity contribution < 1.29 is 9.21 Å². The minimum absolute atomic E-state index is 0.0243. The Hall–Kier alpha value is -2.40. The SMILES string of the molecule is CC(=O)NCCCc1ccc(-c2csc(-c3ccco3)n2)cc1. The number of rotatable bonds is 6. The van der Waals surface area contributed by atoms with Gasteiger partial charge in [-0.3, -0.25) is 4.79 Å². The first-order chi connectivity index (χ1) is 11.2. The van der Waals surface area contributed by atoms with Crippen LogP contribution in [0, 0.1) is 0 Å². The maximum Gasteiger partial charge on any atom is 0.216 e. The van der Waals surface area contributed by atoms with Gasteiger partial charge in [0.15, 0.2) is 10.8 Å². The Kier molecular flexibility index (Phi) is 4.88. The molecule has 0 aliphatic carbocycles. The van der Waals surface area contributed by atoms with Gasteiger partial charge in [-0.05, 0) is 30.5 Å². The van der Waals surface area contributed by atoms with E-state index in [1.165, 1.54) is 5.56 Å². The molecule has 0 atom stereocenters. The lowest BCUT2D eigenvalue weighted by Gasteiger charge is -2.04. The van der Waals surface area contributed by atoms with Crippen LogP contribution in [-0.2, 0) is 11.2 Å². The molecule has 0 fully saturated rings. The van der Waals surface area contributed by atoms with Gasteiger partial charge in [0.25, 0.3) is 0 Å². The molecule has 2 aromatic heterocycles. The van der Waals surface area contributed by atoms with Crippen molar-refractivity contribution in [1.82, 2.24) is 10.3 Å². The van der Waals surface area contributed by atoms with E-state index < -0.39 is 0 Å². The monoisotopic (exact) mass is 326 g/mol. The van der Waals surface area contributed by atoms with Crippen molar-refractivity contribution in [3.63, 3.8) is 0 Å². The Balaban J connectivity index is 1.62. The summed E-state index contributed by atoms with van der Waals surface area (Å²) in [6, 6.07) is 12.2. The highest BCUT2D eigenvalue weighted by atomic mass is 32.1. The lowest BCUT2D eigenvalue weighted by atomic mass is 10.1. The Labute approximate surface area is 139 Å². The first-order valence-corrected chi connectivity index (χ1v) is 8.43. The van der Waals surface area contributed by atoms with Gasteiger partial charge in [0.2, 0.25) is 5.91 Å². The van der Waals surface area contributed by atoms with Crippen LogP contribution in [0.4, 0.5) is 0 Å². The van der Waals surface area contributed by atoms with Gasteiger partial charge in [0.1, 0.15) is 0 Å². The molecule has 0 aliphatic rings. The summed E-state index contributed by atoms with van der Waals surface area (Å²) in [6.07, 6.45) is 3.56. The van der Waals surface area contributed by atoms with Crippen molar-refractivity contribution in [3.05, 3.63) is 53.6 Å². The normalized spacial score (nSPS) is 10.7. The number of furan rings is 1. The molecule has 23 heavy (non-hydrogen) atoms. The second-order valence-electron chi connectivity index (χ2n) is 5.30. The van der Waals surface area contributed by atoms with E-state index in [9.17, 15) is 4.79 Å². The van der Waals surface area contributed by atoms with Crippen molar-refractivity contribution in [2.75, 3.05) is 6.54 Å². The van der Waals surface area contributed by atoms with Crippen LogP contribution in [0.3, 0.4) is 0 Å². The van der Waals surface area contributed by atoms with Crippen LogP contribution >= 0.6 is 11.3 Å². The molecule has 1 N–H and O–H groups in total. The highest BCUT2D eigenvalue weighted by molar-refractivity contribution is 7.13. The predicted molar refractivity (Wildman–Crippen MR) is 92.3 cm³/mol. The molecule has 0 unspecified atom stereocenters. The van der Waals surface area contributed by atoms with Gasteiger partial charge in [0, 0.05) is 24.4 Å². The number of aromatic nitrogens is 1. The van der Waals surface area contributed by atoms with E-state index in [1.54, 1.807) is 24.5 Å². The molecule has 1 aromatic carbocycles. The van der Waals surface area contributed by atoms with E-state index in [2.05, 4.69) is 34.6 Å². The summed E-state index contributed by atoms with van der Waals surface area (Å²) >= 11 is 1.58. The minimum atomic E-state index is 0.0243. The molecule has 1 amide bonds. The zero-order valence-electron chi connectivity index (χ0n) is 12.9. The Morgan fingerprint density at radius 1 is 1.26 bits per heavy atom. The van der Waals surface area contributed by atoms with Crippen LogP contribution in [0.1, 0.15) is 18.9 Å². The van der Waals surface area contributed by atoms with Crippen LogP contribution in [0.15, 0.2) is 52.5 Å². The molecule has 5 heteroatoms. The maximum absolute atomic E-state index is 10.8. The third-order valence-corrected chi connectivity index (χ3v) is 4.36. The lowest BCUT2D eigenvalue weighted by Crippen LogP contribution is -2.21. The predicted octanol–water partition coefficient (Wildman–Crippen LogP) is 4.14. The van der Waals surface area contributed by atoms with Crippen molar-refractivity contribution >= 4 is 17.2 Å². The number of carbonyl (C=O) groups excluding carboxylic acids is 1. The van der Waals surface area contributed by atoms with E-state index in [-0.39, 0.29) is 5.91 Å². The molecule has 118 valence electrons. The Morgan fingerprint density at radius 3 is 2.78 bits per heavy atom. The average molecular weight is 326 g/mol. The second-order valence-corrected chi connectivity index (χ2v) is 6.16. The molecule has 4 nitrogen and oxygen atoms in total. The van der Waals surface area contributed by atoms with Crippen LogP contribution in [0.25, 0.3) is 22.0 Å². The summed E-state index contributed by atoms with van der Waals surface area (Å²) in [5.74, 6) is 0.826. The van der Waals surface area contributed by atoms with Gasteiger partial charge < -0.3 is 9.73 Å². The third kappa shape index (κ3) is 4.07. The molecular weight excluding hydrogens is 308 g/mol. The molecule has 0 radical (unpaired) electrons. The molecule has 3 aromatic rings. The van der Waals surface area contributed by atoms with Crippen molar-refractivity contribution in [2.45, 2.75) is 19.8 Å². The first kappa shape index (κ1) is 15.5. The van der Waals surface area contributed by atoms with Crippen LogP contribution in [-0.4, -0.2) is 17.4 Å². The molecule has 0 saturated carbocycles. The van der Waals surface area contributed by atoms with E-state index >= 15 is 0 Å². The molecule has 0 bridgehead atoms. The maximum atomic E-state index is 10.8. The van der Waals surface area contributed by atoms with E-state index in [0.29, 0.717) is 0 Å². The minimum Gasteiger partial charge on any atom is -0.462 e. The standard InChI is InChI=1S/C18H18N2O2S/c1-13(21)19-10-2-4-14-6-8-15(9-7-14)16-12-23-18(20-16)17-5-3-11-22-17/h3,5-9,11-12H,2,4,10H2,1H3,(H,19,21). The number of thiazole rings is 1. The number of carbonyl (C=O) groups is 1. The van der Waals surface area contributed by atoms with Crippen molar-refractivity contribution in [1.29, 1.82) is 0 Å². The second kappa shape index (κ2) is 7.24. The van der Waals surface area contributed by atoms with E-state index in [4.69, 9.17) is 4.42 Å². The fourth-order valence-corrected chi connectivity index (χ4v) is 3.11. The number of hydrogen-bond donors (Lipinski definition) is 1. The Morgan fingerprint density at radius 2 is 2.09 bits per heavy atom. The van der Waals surface area contributed by atoms with E-state index in [1.807, 2.05) is 17.5 Å². The Bertz CT molecular complexity index is 761. The summed E-state index contributed by atoms with van der Waals surface area (Å²) in [7, 11) is 0. The largest absolute Gasteiger partial charge is 0.462 e. The molecule has 2 heterocycles. The highest BCUT2D eigenvalue weighted by Gasteiger charge is 2.08. The van der Waals surface area contributed by atoms with Gasteiger partial charge in [-0.1, -0.05) is 24.3 Å². The van der Waals surface area contributed by atoms with Gasteiger partial charge >= 0.3 is 0 Å². The van der Waals surface area contributed by atoms with Crippen LogP contribution in [0.5, 0.6) is 0 Å². The molecule has 0 aliphatic heterocycles. The van der Waals surface area contributed by atoms with Crippen molar-refractivity contribution in [3.8, 4) is 22.0 Å². The number of hydrogen-bond acceptors (Lipinski definition) is 4. The van der Waals surface area contributed by atoms with Gasteiger partial charge in [0.05, 0.1) is 12.0 Å². The summed E-state index contributed by atoms with van der Waals surface area (Å²) in [5, 5.41) is 5.75. The zero-order chi connectivity index (χ0) is 16.1. The molecule has 0 saturated heterocycles. The summed E-state index contributed by atoms with van der Waals surface area (Å²) in [4.78, 5) is 15.4. The van der Waals surface area contributed by atoms with E-state index in [0.717, 1.165) is 41.4 Å². The topological polar surface area (TPSA) is 55.1 Å². The van der Waals surface area contributed by atoms with Crippen molar-refractivity contribution in [2.24, 2.45) is 0 Å². The number of benzene rings is 1. The summed E-state index contributed by atoms with van der Waals surface area (Å²) < 4.78 is 5.38. The highest BCUT2D eigenvalue weighted by Crippen LogP contribution is 2.29. The number of nitrogens with one attached hydrogen (secondary N) is 1. The molecule has 3 rings (SSSR count). The first-order valence-electron chi connectivity index (χ1n) is 7.55. The smallest absolute Gasteiger partial charge is 0.216 e. The summed E-state index contributed by atoms with van der Waals surface area (Å²) in [5.41, 5.74) is 3.33.